The first-order chi connectivity index (χ1) is 14.4. The van der Waals surface area contributed by atoms with E-state index in [1.807, 2.05) is 18.2 Å². The van der Waals surface area contributed by atoms with E-state index in [0.717, 1.165) is 37.4 Å². The molecule has 2 aliphatic rings. The number of halogens is 2. The first kappa shape index (κ1) is 21.4. The lowest BCUT2D eigenvalue weighted by molar-refractivity contribution is -0.114. The van der Waals surface area contributed by atoms with Crippen molar-refractivity contribution in [1.29, 1.82) is 0 Å². The van der Waals surface area contributed by atoms with Crippen LogP contribution in [0.5, 0.6) is 0 Å². The summed E-state index contributed by atoms with van der Waals surface area (Å²) >= 11 is 12.2. The molecule has 0 aromatic heterocycles. The molecule has 2 heterocycles. The maximum absolute atomic E-state index is 13.2. The van der Waals surface area contributed by atoms with Gasteiger partial charge in [-0.05, 0) is 43.0 Å². The number of rotatable bonds is 3. The highest BCUT2D eigenvalue weighted by Gasteiger charge is 2.30. The van der Waals surface area contributed by atoms with Crippen molar-refractivity contribution >= 4 is 57.4 Å². The van der Waals surface area contributed by atoms with Gasteiger partial charge < -0.3 is 14.7 Å². The molecule has 158 valence electrons. The number of amides is 1. The van der Waals surface area contributed by atoms with Crippen molar-refractivity contribution in [2.75, 3.05) is 55.3 Å². The zero-order chi connectivity index (χ0) is 21.3. The van der Waals surface area contributed by atoms with Gasteiger partial charge in [-0.1, -0.05) is 41.4 Å². The summed E-state index contributed by atoms with van der Waals surface area (Å²) in [6.45, 7) is 4.19. The van der Waals surface area contributed by atoms with E-state index in [4.69, 9.17) is 23.2 Å². The van der Waals surface area contributed by atoms with Crippen molar-refractivity contribution < 1.29 is 9.00 Å². The van der Waals surface area contributed by atoms with E-state index >= 15 is 0 Å². The standard InChI is InChI=1S/C22H23Cl2N3O2S/c1-25-8-10-26(11-9-25)20-5-3-2-4-16(20)14-21-22(28)27(12-13-30(21)29)17-6-7-18(23)19(24)15-17/h2-7,14-15H,8-13H2,1H3. The lowest BCUT2D eigenvalue weighted by atomic mass is 10.1. The summed E-state index contributed by atoms with van der Waals surface area (Å²) < 4.78 is 12.8. The van der Waals surface area contributed by atoms with Gasteiger partial charge in [-0.3, -0.25) is 9.00 Å². The van der Waals surface area contributed by atoms with Crippen molar-refractivity contribution in [3.05, 3.63) is 63.0 Å². The van der Waals surface area contributed by atoms with Crippen LogP contribution < -0.4 is 9.80 Å². The van der Waals surface area contributed by atoms with Crippen molar-refractivity contribution in [1.82, 2.24) is 4.90 Å². The molecule has 0 aliphatic carbocycles. The maximum Gasteiger partial charge on any atom is 0.267 e. The lowest BCUT2D eigenvalue weighted by Crippen LogP contribution is -2.44. The summed E-state index contributed by atoms with van der Waals surface area (Å²) in [6.07, 6.45) is 1.79. The highest BCUT2D eigenvalue weighted by atomic mass is 35.5. The molecule has 0 radical (unpaired) electrons. The summed E-state index contributed by atoms with van der Waals surface area (Å²) in [5.74, 6) is 0.125. The van der Waals surface area contributed by atoms with Crippen LogP contribution in [-0.4, -0.2) is 60.5 Å². The number of benzene rings is 2. The van der Waals surface area contributed by atoms with Gasteiger partial charge in [0, 0.05) is 49.9 Å². The van der Waals surface area contributed by atoms with Gasteiger partial charge in [-0.2, -0.15) is 0 Å². The molecule has 30 heavy (non-hydrogen) atoms. The molecule has 0 saturated carbocycles. The molecule has 2 aliphatic heterocycles. The van der Waals surface area contributed by atoms with Crippen LogP contribution in [0.25, 0.3) is 6.08 Å². The number of nitrogens with zero attached hydrogens (tertiary/aromatic N) is 3. The maximum atomic E-state index is 13.2. The van der Waals surface area contributed by atoms with E-state index < -0.39 is 10.8 Å². The fraction of sp³-hybridized carbons (Fsp3) is 0.318. The van der Waals surface area contributed by atoms with Crippen molar-refractivity contribution in [2.45, 2.75) is 0 Å². The Morgan fingerprint density at radius 3 is 2.43 bits per heavy atom. The average Bonchev–Trinajstić information content (AvgIpc) is 2.74. The Labute approximate surface area is 189 Å². The lowest BCUT2D eigenvalue weighted by Gasteiger charge is -2.35. The van der Waals surface area contributed by atoms with Gasteiger partial charge in [0.2, 0.25) is 0 Å². The second-order valence-corrected chi connectivity index (χ2v) is 9.82. The molecule has 2 saturated heterocycles. The average molecular weight is 464 g/mol. The van der Waals surface area contributed by atoms with Crippen LogP contribution in [0.4, 0.5) is 11.4 Å². The van der Waals surface area contributed by atoms with Gasteiger partial charge in [-0.25, -0.2) is 0 Å². The Hall–Kier alpha value is -1.86. The summed E-state index contributed by atoms with van der Waals surface area (Å²) in [5.41, 5.74) is 2.63. The van der Waals surface area contributed by atoms with Crippen LogP contribution in [0.15, 0.2) is 47.4 Å². The molecular weight excluding hydrogens is 441 g/mol. The highest BCUT2D eigenvalue weighted by molar-refractivity contribution is 7.90. The number of hydrogen-bond acceptors (Lipinski definition) is 4. The molecular formula is C22H23Cl2N3O2S. The predicted octanol–water partition coefficient (Wildman–Crippen LogP) is 3.88. The number of carbonyl (C=O) groups excluding carboxylic acids is 1. The Bertz CT molecular complexity index is 1020. The van der Waals surface area contributed by atoms with Crippen LogP contribution >= 0.6 is 23.2 Å². The monoisotopic (exact) mass is 463 g/mol. The third-order valence-corrected chi connectivity index (χ3v) is 7.56. The molecule has 5 nitrogen and oxygen atoms in total. The normalized spacial score (nSPS) is 22.0. The van der Waals surface area contributed by atoms with Crippen LogP contribution in [0.1, 0.15) is 5.56 Å². The molecule has 1 amide bonds. The molecule has 8 heteroatoms. The number of hydrogen-bond donors (Lipinski definition) is 0. The van der Waals surface area contributed by atoms with Crippen LogP contribution in [-0.2, 0) is 15.6 Å². The Balaban J connectivity index is 1.66. The zero-order valence-electron chi connectivity index (χ0n) is 16.7. The number of anilines is 2. The molecule has 0 bridgehead atoms. The van der Waals surface area contributed by atoms with Crippen LogP contribution in [0.2, 0.25) is 10.0 Å². The van der Waals surface area contributed by atoms with Crippen molar-refractivity contribution in [2.24, 2.45) is 0 Å². The second-order valence-electron chi connectivity index (χ2n) is 7.46. The van der Waals surface area contributed by atoms with E-state index in [-0.39, 0.29) is 5.91 Å². The minimum atomic E-state index is -1.35. The van der Waals surface area contributed by atoms with E-state index in [2.05, 4.69) is 22.9 Å². The van der Waals surface area contributed by atoms with Gasteiger partial charge in [-0.15, -0.1) is 0 Å². The quantitative estimate of drug-likeness (QED) is 0.647. The molecule has 2 fully saturated rings. The number of para-hydroxylation sites is 1. The molecule has 2 aromatic rings. The summed E-state index contributed by atoms with van der Waals surface area (Å²) in [4.78, 5) is 19.8. The summed E-state index contributed by atoms with van der Waals surface area (Å²) in [6, 6.07) is 13.1. The van der Waals surface area contributed by atoms with Crippen LogP contribution in [0.3, 0.4) is 0 Å². The molecule has 4 rings (SSSR count). The smallest absolute Gasteiger partial charge is 0.267 e. The fourth-order valence-corrected chi connectivity index (χ4v) is 5.15. The van der Waals surface area contributed by atoms with Gasteiger partial charge in [0.25, 0.3) is 5.91 Å². The summed E-state index contributed by atoms with van der Waals surface area (Å²) in [5, 5.41) is 0.824. The zero-order valence-corrected chi connectivity index (χ0v) is 19.0. The van der Waals surface area contributed by atoms with E-state index in [1.165, 1.54) is 0 Å². The van der Waals surface area contributed by atoms with Gasteiger partial charge in [0.15, 0.2) is 0 Å². The van der Waals surface area contributed by atoms with Gasteiger partial charge in [0.05, 0.1) is 20.8 Å². The Morgan fingerprint density at radius 1 is 0.967 bits per heavy atom. The topological polar surface area (TPSA) is 43.9 Å². The van der Waals surface area contributed by atoms with E-state index in [0.29, 0.717) is 32.9 Å². The van der Waals surface area contributed by atoms with Crippen molar-refractivity contribution in [3.63, 3.8) is 0 Å². The molecule has 1 unspecified atom stereocenters. The van der Waals surface area contributed by atoms with Gasteiger partial charge >= 0.3 is 0 Å². The minimum absolute atomic E-state index is 0.258. The third-order valence-electron chi connectivity index (χ3n) is 5.48. The highest BCUT2D eigenvalue weighted by Crippen LogP contribution is 2.31. The number of piperazine rings is 1. The second kappa shape index (κ2) is 9.10. The van der Waals surface area contributed by atoms with Crippen molar-refractivity contribution in [3.8, 4) is 0 Å². The number of carbonyl (C=O) groups is 1. The Morgan fingerprint density at radius 2 is 1.70 bits per heavy atom. The summed E-state index contributed by atoms with van der Waals surface area (Å²) in [7, 11) is 0.770. The molecule has 2 aromatic carbocycles. The third kappa shape index (κ3) is 4.42. The van der Waals surface area contributed by atoms with E-state index in [1.54, 1.807) is 29.2 Å². The largest absolute Gasteiger partial charge is 0.368 e. The Kier molecular flexibility index (Phi) is 6.48. The first-order valence-electron chi connectivity index (χ1n) is 9.83. The number of likely N-dealkylation sites (N-methyl/N-ethyl adjacent to an activating group) is 1. The van der Waals surface area contributed by atoms with Crippen LogP contribution in [0, 0.1) is 0 Å². The first-order valence-corrected chi connectivity index (χ1v) is 11.9. The molecule has 1 atom stereocenters. The minimum Gasteiger partial charge on any atom is -0.368 e. The molecule has 0 N–H and O–H groups in total. The molecule has 0 spiro atoms. The van der Waals surface area contributed by atoms with E-state index in [9.17, 15) is 9.00 Å². The fourth-order valence-electron chi connectivity index (χ4n) is 3.73. The SMILES string of the molecule is CN1CCN(c2ccccc2C=C2C(=O)N(c3ccc(Cl)c(Cl)c3)CCS2=O)CC1. The predicted molar refractivity (Wildman–Crippen MR) is 126 cm³/mol. The van der Waals surface area contributed by atoms with Gasteiger partial charge in [0.1, 0.15) is 4.91 Å².